The first-order valence-corrected chi connectivity index (χ1v) is 12.4. The molecule has 36 heavy (non-hydrogen) atoms. The molecule has 1 saturated carbocycles. The molecule has 186 valence electrons. The number of amides is 3. The van der Waals surface area contributed by atoms with Crippen molar-refractivity contribution in [3.8, 4) is 0 Å². The molecule has 2 saturated heterocycles. The summed E-state index contributed by atoms with van der Waals surface area (Å²) in [6.07, 6.45) is 5.46. The molecule has 0 spiro atoms. The molecule has 6 rings (SSSR count). The van der Waals surface area contributed by atoms with Crippen molar-refractivity contribution in [3.63, 3.8) is 0 Å². The number of urea groups is 1. The van der Waals surface area contributed by atoms with Gasteiger partial charge in [-0.1, -0.05) is 6.92 Å². The second-order valence-electron chi connectivity index (χ2n) is 9.34. The van der Waals surface area contributed by atoms with E-state index in [9.17, 15) is 9.59 Å². The highest BCUT2D eigenvalue weighted by molar-refractivity contribution is 6.14. The number of piperazine rings is 1. The number of carbonyl (C=O) groups excluding carboxylic acids is 2. The van der Waals surface area contributed by atoms with Crippen molar-refractivity contribution < 1.29 is 9.59 Å². The zero-order chi connectivity index (χ0) is 24.6. The summed E-state index contributed by atoms with van der Waals surface area (Å²) >= 11 is 0. The molecule has 3 amide bonds. The van der Waals surface area contributed by atoms with Gasteiger partial charge in [0.05, 0.1) is 6.20 Å². The number of benzene rings is 1. The third-order valence-electron chi connectivity index (χ3n) is 6.77. The maximum atomic E-state index is 12.0. The third-order valence-corrected chi connectivity index (χ3v) is 6.77. The molecule has 11 nitrogen and oxygen atoms in total. The van der Waals surface area contributed by atoms with Crippen LogP contribution < -0.4 is 26.2 Å². The average Bonchev–Trinajstić information content (AvgIpc) is 3.53. The number of nitrogens with zero attached hydrogens (tertiary/aromatic N) is 5. The fourth-order valence-corrected chi connectivity index (χ4v) is 4.55. The lowest BCUT2D eigenvalue weighted by molar-refractivity contribution is -0.115. The van der Waals surface area contributed by atoms with Crippen molar-refractivity contribution in [2.75, 3.05) is 48.3 Å². The van der Waals surface area contributed by atoms with Gasteiger partial charge in [-0.2, -0.15) is 9.61 Å². The smallest absolute Gasteiger partial charge is 0.326 e. The fraction of sp³-hybridized carbons (Fsp3) is 0.360. The van der Waals surface area contributed by atoms with E-state index < -0.39 is 11.9 Å². The fourth-order valence-electron chi connectivity index (χ4n) is 4.55. The number of rotatable bonds is 7. The SMILES string of the molecule is CCN1CCN(c2ccc(Nc3cc(NC4CC4)n4ncc(/C=C5\NC(=O)NC5=O)c4n3)cc2)CC1. The Morgan fingerprint density at radius 1 is 1.08 bits per heavy atom. The van der Waals surface area contributed by atoms with Crippen LogP contribution in [0.15, 0.2) is 42.2 Å². The summed E-state index contributed by atoms with van der Waals surface area (Å²) in [7, 11) is 0. The minimum atomic E-state index is -0.537. The van der Waals surface area contributed by atoms with Crippen LogP contribution in [-0.2, 0) is 4.79 Å². The highest BCUT2D eigenvalue weighted by Gasteiger charge is 2.25. The lowest BCUT2D eigenvalue weighted by Crippen LogP contribution is -2.46. The molecule has 0 atom stereocenters. The Labute approximate surface area is 208 Å². The number of anilines is 4. The number of carbonyl (C=O) groups is 2. The lowest BCUT2D eigenvalue weighted by Gasteiger charge is -2.35. The van der Waals surface area contributed by atoms with Crippen molar-refractivity contribution in [3.05, 3.63) is 47.8 Å². The predicted molar refractivity (Wildman–Crippen MR) is 138 cm³/mol. The van der Waals surface area contributed by atoms with Crippen LogP contribution in [0.5, 0.6) is 0 Å². The number of hydrogen-bond donors (Lipinski definition) is 4. The van der Waals surface area contributed by atoms with E-state index in [0.29, 0.717) is 23.1 Å². The van der Waals surface area contributed by atoms with Crippen LogP contribution in [0.2, 0.25) is 0 Å². The largest absolute Gasteiger partial charge is 0.369 e. The van der Waals surface area contributed by atoms with E-state index in [4.69, 9.17) is 4.98 Å². The molecule has 3 fully saturated rings. The minimum Gasteiger partial charge on any atom is -0.369 e. The van der Waals surface area contributed by atoms with Crippen molar-refractivity contribution in [2.24, 2.45) is 0 Å². The highest BCUT2D eigenvalue weighted by atomic mass is 16.2. The summed E-state index contributed by atoms with van der Waals surface area (Å²) in [5.41, 5.74) is 3.53. The molecule has 0 bridgehead atoms. The molecule has 2 aliphatic heterocycles. The second-order valence-corrected chi connectivity index (χ2v) is 9.34. The molecule has 3 aliphatic rings. The summed E-state index contributed by atoms with van der Waals surface area (Å²) in [4.78, 5) is 33.2. The molecule has 3 aromatic rings. The first-order chi connectivity index (χ1) is 17.6. The van der Waals surface area contributed by atoms with Gasteiger partial charge < -0.3 is 25.8 Å². The van der Waals surface area contributed by atoms with Gasteiger partial charge >= 0.3 is 6.03 Å². The standard InChI is InChI=1S/C25H29N9O2/c1-2-32-9-11-33(12-10-32)19-7-5-17(6-8-19)27-21-14-22(28-18-3-4-18)34-23(30-21)16(15-26-34)13-20-24(35)31-25(36)29-20/h5-8,13-15,18,28H,2-4,9-12H2,1H3,(H,27,30)(H2,29,31,35,36)/b20-13-. The van der Waals surface area contributed by atoms with Gasteiger partial charge in [-0.15, -0.1) is 0 Å². The minimum absolute atomic E-state index is 0.169. The van der Waals surface area contributed by atoms with E-state index in [1.807, 2.05) is 6.07 Å². The highest BCUT2D eigenvalue weighted by Crippen LogP contribution is 2.29. The third kappa shape index (κ3) is 4.57. The van der Waals surface area contributed by atoms with E-state index in [1.54, 1.807) is 16.8 Å². The molecular weight excluding hydrogens is 458 g/mol. The molecular formula is C25H29N9O2. The predicted octanol–water partition coefficient (Wildman–Crippen LogP) is 2.37. The Kier molecular flexibility index (Phi) is 5.68. The molecule has 0 unspecified atom stereocenters. The lowest BCUT2D eigenvalue weighted by atomic mass is 10.2. The van der Waals surface area contributed by atoms with E-state index in [-0.39, 0.29) is 5.70 Å². The quantitative estimate of drug-likeness (QED) is 0.296. The van der Waals surface area contributed by atoms with E-state index in [1.165, 1.54) is 5.69 Å². The number of imide groups is 1. The molecule has 4 N–H and O–H groups in total. The van der Waals surface area contributed by atoms with Crippen LogP contribution >= 0.6 is 0 Å². The zero-order valence-corrected chi connectivity index (χ0v) is 20.1. The molecule has 2 aromatic heterocycles. The Balaban J connectivity index is 1.26. The summed E-state index contributed by atoms with van der Waals surface area (Å²) in [6, 6.07) is 10.2. The Hall–Kier alpha value is -4.12. The van der Waals surface area contributed by atoms with Crippen LogP contribution in [0.1, 0.15) is 25.3 Å². The maximum Gasteiger partial charge on any atom is 0.326 e. The zero-order valence-electron chi connectivity index (χ0n) is 20.1. The van der Waals surface area contributed by atoms with Crippen LogP contribution in [0, 0.1) is 0 Å². The Bertz CT molecular complexity index is 1340. The summed E-state index contributed by atoms with van der Waals surface area (Å²) in [6.45, 7) is 7.56. The Morgan fingerprint density at radius 3 is 2.53 bits per heavy atom. The van der Waals surface area contributed by atoms with Gasteiger partial charge in [0, 0.05) is 55.2 Å². The molecule has 0 radical (unpaired) electrons. The van der Waals surface area contributed by atoms with Gasteiger partial charge in [0.2, 0.25) is 0 Å². The Morgan fingerprint density at radius 2 is 1.86 bits per heavy atom. The normalized spacial score (nSPS) is 19.6. The van der Waals surface area contributed by atoms with Gasteiger partial charge in [-0.3, -0.25) is 10.1 Å². The summed E-state index contributed by atoms with van der Waals surface area (Å²) in [5, 5.41) is 16.1. The number of hydrogen-bond acceptors (Lipinski definition) is 8. The molecule has 11 heteroatoms. The van der Waals surface area contributed by atoms with Gasteiger partial charge in [0.25, 0.3) is 5.91 Å². The van der Waals surface area contributed by atoms with Crippen molar-refractivity contribution in [1.29, 1.82) is 0 Å². The van der Waals surface area contributed by atoms with E-state index >= 15 is 0 Å². The topological polar surface area (TPSA) is 119 Å². The number of aromatic nitrogens is 3. The number of nitrogens with one attached hydrogen (secondary N) is 4. The molecule has 1 aliphatic carbocycles. The van der Waals surface area contributed by atoms with Crippen molar-refractivity contribution in [1.82, 2.24) is 30.1 Å². The van der Waals surface area contributed by atoms with Crippen LogP contribution in [-0.4, -0.2) is 70.2 Å². The monoisotopic (exact) mass is 487 g/mol. The van der Waals surface area contributed by atoms with Gasteiger partial charge in [0.15, 0.2) is 5.65 Å². The van der Waals surface area contributed by atoms with Crippen LogP contribution in [0.3, 0.4) is 0 Å². The van der Waals surface area contributed by atoms with Gasteiger partial charge in [0.1, 0.15) is 17.3 Å². The van der Waals surface area contributed by atoms with E-state index in [2.05, 4.69) is 67.4 Å². The number of fused-ring (bicyclic) bond motifs is 1. The molecule has 4 heterocycles. The number of likely N-dealkylation sites (N-methyl/N-ethyl adjacent to an activating group) is 1. The summed E-state index contributed by atoms with van der Waals surface area (Å²) < 4.78 is 1.73. The van der Waals surface area contributed by atoms with Crippen molar-refractivity contribution in [2.45, 2.75) is 25.8 Å². The summed E-state index contributed by atoms with van der Waals surface area (Å²) in [5.74, 6) is 1.01. The second kappa shape index (κ2) is 9.15. The van der Waals surface area contributed by atoms with Gasteiger partial charge in [-0.05, 0) is 49.7 Å². The van der Waals surface area contributed by atoms with Crippen LogP contribution in [0.25, 0.3) is 11.7 Å². The maximum absolute atomic E-state index is 12.0. The van der Waals surface area contributed by atoms with E-state index in [0.717, 1.165) is 57.1 Å². The molecule has 1 aromatic carbocycles. The first-order valence-electron chi connectivity index (χ1n) is 12.4. The van der Waals surface area contributed by atoms with Gasteiger partial charge in [-0.25, -0.2) is 9.78 Å². The van der Waals surface area contributed by atoms with Crippen molar-refractivity contribution >= 4 is 46.7 Å². The average molecular weight is 488 g/mol. The first kappa shape index (κ1) is 22.4. The van der Waals surface area contributed by atoms with Crippen LogP contribution in [0.4, 0.5) is 27.8 Å².